The number of likely N-dealkylation sites (N-methyl/N-ethyl adjacent to an activating group) is 2. The van der Waals surface area contributed by atoms with Gasteiger partial charge in [-0.1, -0.05) is 6.92 Å². The highest BCUT2D eigenvalue weighted by Gasteiger charge is 2.12. The minimum absolute atomic E-state index is 0.0711. The van der Waals surface area contributed by atoms with Crippen LogP contribution in [0.3, 0.4) is 0 Å². The van der Waals surface area contributed by atoms with Crippen molar-refractivity contribution in [3.05, 3.63) is 0 Å². The van der Waals surface area contributed by atoms with Gasteiger partial charge in [-0.05, 0) is 13.5 Å². The summed E-state index contributed by atoms with van der Waals surface area (Å²) in [6.45, 7) is 5.39. The highest BCUT2D eigenvalue weighted by Crippen LogP contribution is 1.88. The molecule has 0 radical (unpaired) electrons. The predicted octanol–water partition coefficient (Wildman–Crippen LogP) is -0.383. The number of esters is 1. The minimum Gasteiger partial charge on any atom is -0.468 e. The molecule has 5 heteroatoms. The van der Waals surface area contributed by atoms with Crippen molar-refractivity contribution in [2.45, 2.75) is 13.8 Å². The molecule has 0 unspecified atom stereocenters. The number of amides is 1. The monoisotopic (exact) mass is 202 g/mol. The second kappa shape index (κ2) is 7.32. The molecule has 0 aromatic heterocycles. The van der Waals surface area contributed by atoms with Gasteiger partial charge in [0.15, 0.2) is 0 Å². The number of nitrogens with zero attached hydrogens (tertiary/aromatic N) is 1. The summed E-state index contributed by atoms with van der Waals surface area (Å²) in [6.07, 6.45) is 0. The summed E-state index contributed by atoms with van der Waals surface area (Å²) >= 11 is 0. The van der Waals surface area contributed by atoms with Crippen LogP contribution in [0.2, 0.25) is 0 Å². The lowest BCUT2D eigenvalue weighted by atomic mass is 10.4. The SMILES string of the molecule is CCNC(=O)CN(CC)CC(=O)OC. The summed E-state index contributed by atoms with van der Waals surface area (Å²) < 4.78 is 4.51. The first-order chi connectivity index (χ1) is 6.63. The third-order valence-electron chi connectivity index (χ3n) is 1.77. The summed E-state index contributed by atoms with van der Waals surface area (Å²) in [5, 5.41) is 2.67. The van der Waals surface area contributed by atoms with Crippen LogP contribution in [0, 0.1) is 0 Å². The molecule has 82 valence electrons. The summed E-state index contributed by atoms with van der Waals surface area (Å²) in [5.74, 6) is -0.394. The van der Waals surface area contributed by atoms with Crippen molar-refractivity contribution in [2.24, 2.45) is 0 Å². The number of carbonyl (C=O) groups is 2. The molecule has 0 spiro atoms. The second-order valence-corrected chi connectivity index (χ2v) is 2.83. The zero-order valence-corrected chi connectivity index (χ0v) is 9.00. The molecule has 0 aliphatic rings. The molecule has 0 fully saturated rings. The molecule has 1 amide bonds. The van der Waals surface area contributed by atoms with Gasteiger partial charge in [-0.25, -0.2) is 0 Å². The standard InChI is InChI=1S/C9H18N2O3/c1-4-10-8(12)6-11(5-2)7-9(13)14-3/h4-7H2,1-3H3,(H,10,12). The fraction of sp³-hybridized carbons (Fsp3) is 0.778. The van der Waals surface area contributed by atoms with E-state index in [0.717, 1.165) is 0 Å². The van der Waals surface area contributed by atoms with Crippen molar-refractivity contribution >= 4 is 11.9 Å². The number of hydrogen-bond donors (Lipinski definition) is 1. The number of rotatable bonds is 6. The van der Waals surface area contributed by atoms with Crippen LogP contribution in [-0.4, -0.2) is 50.1 Å². The van der Waals surface area contributed by atoms with Crippen molar-refractivity contribution in [3.8, 4) is 0 Å². The molecule has 0 saturated carbocycles. The fourth-order valence-corrected chi connectivity index (χ4v) is 0.983. The zero-order valence-electron chi connectivity index (χ0n) is 9.00. The number of methoxy groups -OCH3 is 1. The molecule has 0 aromatic rings. The highest BCUT2D eigenvalue weighted by atomic mass is 16.5. The van der Waals surface area contributed by atoms with Crippen LogP contribution < -0.4 is 5.32 Å². The van der Waals surface area contributed by atoms with E-state index in [1.54, 1.807) is 4.90 Å². The van der Waals surface area contributed by atoms with E-state index in [-0.39, 0.29) is 25.0 Å². The van der Waals surface area contributed by atoms with Crippen molar-refractivity contribution < 1.29 is 14.3 Å². The van der Waals surface area contributed by atoms with Gasteiger partial charge in [-0.15, -0.1) is 0 Å². The maximum absolute atomic E-state index is 11.2. The van der Waals surface area contributed by atoms with E-state index >= 15 is 0 Å². The lowest BCUT2D eigenvalue weighted by molar-refractivity contribution is -0.142. The smallest absolute Gasteiger partial charge is 0.319 e. The van der Waals surface area contributed by atoms with E-state index in [1.165, 1.54) is 7.11 Å². The maximum Gasteiger partial charge on any atom is 0.319 e. The second-order valence-electron chi connectivity index (χ2n) is 2.83. The Labute approximate surface area is 84.4 Å². The van der Waals surface area contributed by atoms with Gasteiger partial charge in [0, 0.05) is 6.54 Å². The first kappa shape index (κ1) is 12.9. The van der Waals surface area contributed by atoms with E-state index in [1.807, 2.05) is 13.8 Å². The quantitative estimate of drug-likeness (QED) is 0.596. The van der Waals surface area contributed by atoms with Crippen LogP contribution in [-0.2, 0) is 14.3 Å². The Morgan fingerprint density at radius 2 is 1.93 bits per heavy atom. The molecule has 0 aromatic carbocycles. The van der Waals surface area contributed by atoms with E-state index in [0.29, 0.717) is 13.1 Å². The molecule has 0 atom stereocenters. The predicted molar refractivity (Wildman–Crippen MR) is 52.8 cm³/mol. The Kier molecular flexibility index (Phi) is 6.74. The number of hydrogen-bond acceptors (Lipinski definition) is 4. The molecular formula is C9H18N2O3. The van der Waals surface area contributed by atoms with Crippen molar-refractivity contribution in [1.29, 1.82) is 0 Å². The van der Waals surface area contributed by atoms with Gasteiger partial charge in [-0.3, -0.25) is 14.5 Å². The average molecular weight is 202 g/mol. The number of nitrogens with one attached hydrogen (secondary N) is 1. The fourth-order valence-electron chi connectivity index (χ4n) is 0.983. The van der Waals surface area contributed by atoms with Gasteiger partial charge in [0.1, 0.15) is 0 Å². The summed E-state index contributed by atoms with van der Waals surface area (Å²) in [7, 11) is 1.34. The molecule has 0 heterocycles. The molecular weight excluding hydrogens is 184 g/mol. The molecule has 0 aliphatic heterocycles. The van der Waals surface area contributed by atoms with E-state index in [4.69, 9.17) is 0 Å². The van der Waals surface area contributed by atoms with E-state index < -0.39 is 0 Å². The first-order valence-electron chi connectivity index (χ1n) is 4.69. The number of ether oxygens (including phenoxy) is 1. The summed E-state index contributed by atoms with van der Waals surface area (Å²) in [6, 6.07) is 0. The Balaban J connectivity index is 3.89. The van der Waals surface area contributed by atoms with Crippen molar-refractivity contribution in [3.63, 3.8) is 0 Å². The zero-order chi connectivity index (χ0) is 11.0. The van der Waals surface area contributed by atoms with Crippen LogP contribution in [0.25, 0.3) is 0 Å². The van der Waals surface area contributed by atoms with Gasteiger partial charge >= 0.3 is 5.97 Å². The first-order valence-corrected chi connectivity index (χ1v) is 4.69. The van der Waals surface area contributed by atoms with E-state index in [2.05, 4.69) is 10.1 Å². The van der Waals surface area contributed by atoms with Crippen molar-refractivity contribution in [1.82, 2.24) is 10.2 Å². The topological polar surface area (TPSA) is 58.6 Å². The van der Waals surface area contributed by atoms with Gasteiger partial charge in [-0.2, -0.15) is 0 Å². The highest BCUT2D eigenvalue weighted by molar-refractivity contribution is 5.79. The average Bonchev–Trinajstić information content (AvgIpc) is 2.16. The van der Waals surface area contributed by atoms with Gasteiger partial charge in [0.05, 0.1) is 20.2 Å². The van der Waals surface area contributed by atoms with Crippen molar-refractivity contribution in [2.75, 3.05) is 33.3 Å². The lowest BCUT2D eigenvalue weighted by Gasteiger charge is -2.17. The Hall–Kier alpha value is -1.10. The Bertz CT molecular complexity index is 194. The van der Waals surface area contributed by atoms with Crippen LogP contribution in [0.4, 0.5) is 0 Å². The maximum atomic E-state index is 11.2. The molecule has 0 rings (SSSR count). The third-order valence-corrected chi connectivity index (χ3v) is 1.77. The molecule has 0 bridgehead atoms. The minimum atomic E-state index is -0.323. The molecule has 0 aliphatic carbocycles. The normalized spacial score (nSPS) is 10.0. The summed E-state index contributed by atoms with van der Waals surface area (Å²) in [4.78, 5) is 23.8. The molecule has 5 nitrogen and oxygen atoms in total. The molecule has 14 heavy (non-hydrogen) atoms. The van der Waals surface area contributed by atoms with Crippen LogP contribution >= 0.6 is 0 Å². The van der Waals surface area contributed by atoms with Crippen LogP contribution in [0.1, 0.15) is 13.8 Å². The largest absolute Gasteiger partial charge is 0.468 e. The van der Waals surface area contributed by atoms with E-state index in [9.17, 15) is 9.59 Å². The Morgan fingerprint density at radius 1 is 1.29 bits per heavy atom. The lowest BCUT2D eigenvalue weighted by Crippen LogP contribution is -2.39. The van der Waals surface area contributed by atoms with Crippen LogP contribution in [0.15, 0.2) is 0 Å². The summed E-state index contributed by atoms with van der Waals surface area (Å²) in [5.41, 5.74) is 0. The Morgan fingerprint density at radius 3 is 2.36 bits per heavy atom. The molecule has 1 N–H and O–H groups in total. The number of carbonyl (C=O) groups excluding carboxylic acids is 2. The van der Waals surface area contributed by atoms with Gasteiger partial charge < -0.3 is 10.1 Å². The van der Waals surface area contributed by atoms with Gasteiger partial charge in [0.25, 0.3) is 0 Å². The van der Waals surface area contributed by atoms with Gasteiger partial charge in [0.2, 0.25) is 5.91 Å². The molecule has 0 saturated heterocycles. The third kappa shape index (κ3) is 5.53. The van der Waals surface area contributed by atoms with Crippen LogP contribution in [0.5, 0.6) is 0 Å².